The molecular formula is C58H38. The van der Waals surface area contributed by atoms with E-state index in [2.05, 4.69) is 185 Å². The summed E-state index contributed by atoms with van der Waals surface area (Å²) in [5.74, 6) is 0. The largest absolute Gasteiger partial charge is 0.0616 e. The van der Waals surface area contributed by atoms with E-state index in [0.29, 0.717) is 0 Å². The summed E-state index contributed by atoms with van der Waals surface area (Å²) in [7, 11) is 0. The van der Waals surface area contributed by atoms with Crippen molar-refractivity contribution in [1.82, 2.24) is 0 Å². The predicted octanol–water partition coefficient (Wildman–Crippen LogP) is 16.6. The zero-order chi connectivity index (χ0) is 38.6. The van der Waals surface area contributed by atoms with E-state index in [1.807, 2.05) is 0 Å². The van der Waals surface area contributed by atoms with Crippen LogP contribution < -0.4 is 0 Å². The first-order valence-corrected chi connectivity index (χ1v) is 20.6. The summed E-state index contributed by atoms with van der Waals surface area (Å²) in [4.78, 5) is 0. The molecule has 0 unspecified atom stereocenters. The summed E-state index contributed by atoms with van der Waals surface area (Å²) in [6.07, 6.45) is 0. The molecule has 0 heterocycles. The second-order valence-corrected chi connectivity index (χ2v) is 17.1. The lowest BCUT2D eigenvalue weighted by Gasteiger charge is -2.23. The van der Waals surface area contributed by atoms with Crippen LogP contribution in [0, 0.1) is 27.7 Å². The van der Waals surface area contributed by atoms with E-state index in [9.17, 15) is 0 Å². The van der Waals surface area contributed by atoms with Crippen molar-refractivity contribution in [1.29, 1.82) is 0 Å². The molecule has 58 heavy (non-hydrogen) atoms. The van der Waals surface area contributed by atoms with Crippen LogP contribution in [0.1, 0.15) is 22.3 Å². The molecule has 0 N–H and O–H groups in total. The van der Waals surface area contributed by atoms with Crippen LogP contribution in [0.4, 0.5) is 0 Å². The van der Waals surface area contributed by atoms with Gasteiger partial charge in [0.15, 0.2) is 0 Å². The molecule has 0 radical (unpaired) electrons. The van der Waals surface area contributed by atoms with Gasteiger partial charge in [-0.3, -0.25) is 0 Å². The number of fused-ring (bicyclic) bond motifs is 12. The van der Waals surface area contributed by atoms with Gasteiger partial charge < -0.3 is 0 Å². The molecule has 0 bridgehead atoms. The van der Waals surface area contributed by atoms with E-state index in [0.717, 1.165) is 0 Å². The Balaban J connectivity index is 1.29. The highest BCUT2D eigenvalue weighted by atomic mass is 14.3. The maximum Gasteiger partial charge on any atom is -0.000763 e. The fraction of sp³-hybridized carbons (Fsp3) is 0.0690. The Hall–Kier alpha value is -7.02. The first-order chi connectivity index (χ1) is 28.4. The van der Waals surface area contributed by atoms with Crippen molar-refractivity contribution in [2.24, 2.45) is 0 Å². The van der Waals surface area contributed by atoms with Gasteiger partial charge in [0.05, 0.1) is 0 Å². The lowest BCUT2D eigenvalue weighted by atomic mass is 9.80. The average Bonchev–Trinajstić information content (AvgIpc) is 3.54. The molecule has 0 nitrogen and oxygen atoms in total. The molecule has 0 amide bonds. The minimum atomic E-state index is 1.28. The molecule has 12 aromatic rings. The van der Waals surface area contributed by atoms with E-state index in [4.69, 9.17) is 0 Å². The molecule has 12 aromatic carbocycles. The van der Waals surface area contributed by atoms with Crippen LogP contribution in [0.5, 0.6) is 0 Å². The van der Waals surface area contributed by atoms with Gasteiger partial charge in [-0.15, -0.1) is 0 Å². The third kappa shape index (κ3) is 4.14. The van der Waals surface area contributed by atoms with Gasteiger partial charge in [0.2, 0.25) is 0 Å². The third-order valence-corrected chi connectivity index (χ3v) is 13.4. The van der Waals surface area contributed by atoms with E-state index in [1.165, 1.54) is 153 Å². The molecule has 0 spiro atoms. The molecule has 0 heteroatoms. The number of aryl methyl sites for hydroxylation is 4. The summed E-state index contributed by atoms with van der Waals surface area (Å²) in [6.45, 7) is 8.96. The van der Waals surface area contributed by atoms with Gasteiger partial charge in [-0.2, -0.15) is 0 Å². The van der Waals surface area contributed by atoms with Crippen LogP contribution in [-0.4, -0.2) is 0 Å². The Morgan fingerprint density at radius 3 is 1.07 bits per heavy atom. The van der Waals surface area contributed by atoms with Crippen molar-refractivity contribution >= 4 is 86.2 Å². The smallest absolute Gasteiger partial charge is 0.000763 e. The van der Waals surface area contributed by atoms with Crippen molar-refractivity contribution in [3.63, 3.8) is 0 Å². The Morgan fingerprint density at radius 1 is 0.241 bits per heavy atom. The first-order valence-electron chi connectivity index (χ1n) is 20.6. The van der Waals surface area contributed by atoms with E-state index in [1.54, 1.807) is 0 Å². The van der Waals surface area contributed by atoms with Crippen LogP contribution >= 0.6 is 0 Å². The highest BCUT2D eigenvalue weighted by Gasteiger charge is 2.29. The third-order valence-electron chi connectivity index (χ3n) is 13.4. The fourth-order valence-corrected chi connectivity index (χ4v) is 11.4. The minimum absolute atomic E-state index is 1.28. The van der Waals surface area contributed by atoms with Crippen molar-refractivity contribution in [3.05, 3.63) is 180 Å². The molecule has 0 saturated carbocycles. The molecule has 0 saturated heterocycles. The van der Waals surface area contributed by atoms with Crippen LogP contribution in [0.2, 0.25) is 0 Å². The average molecular weight is 735 g/mol. The number of rotatable bonds is 2. The summed E-state index contributed by atoms with van der Waals surface area (Å²) < 4.78 is 0. The summed E-state index contributed by atoms with van der Waals surface area (Å²) in [6, 6.07) is 60.8. The predicted molar refractivity (Wildman–Crippen MR) is 252 cm³/mol. The number of benzene rings is 12. The SMILES string of the molecule is Cc1cc(C)cc(-c2c3cc4c(cc3c(-c3cc(C)cc(C)c3)c3c5ccccc5c5ccccc5c23)-c2ccc3c5cccc6cccc(c7ccc-4c2c73)c65)c1. The molecule has 1 aliphatic carbocycles. The van der Waals surface area contributed by atoms with Crippen LogP contribution in [0.15, 0.2) is 158 Å². The minimum Gasteiger partial charge on any atom is -0.0616 e. The molecule has 0 aromatic heterocycles. The normalized spacial score (nSPS) is 12.5. The van der Waals surface area contributed by atoms with Crippen molar-refractivity contribution in [2.45, 2.75) is 27.7 Å². The van der Waals surface area contributed by atoms with Gasteiger partial charge >= 0.3 is 0 Å². The highest BCUT2D eigenvalue weighted by Crippen LogP contribution is 2.56. The zero-order valence-corrected chi connectivity index (χ0v) is 33.0. The molecule has 0 fully saturated rings. The van der Waals surface area contributed by atoms with Crippen molar-refractivity contribution < 1.29 is 0 Å². The first kappa shape index (κ1) is 32.1. The van der Waals surface area contributed by atoms with Gasteiger partial charge in [-0.05, 0) is 171 Å². The molecule has 270 valence electrons. The summed E-state index contributed by atoms with van der Waals surface area (Å²) in [5, 5.41) is 21.3. The fourth-order valence-electron chi connectivity index (χ4n) is 11.4. The van der Waals surface area contributed by atoms with E-state index >= 15 is 0 Å². The number of hydrogen-bond donors (Lipinski definition) is 0. The quantitative estimate of drug-likeness (QED) is 0.123. The Kier molecular flexibility index (Phi) is 6.26. The lowest BCUT2D eigenvalue weighted by molar-refractivity contribution is 1.39. The summed E-state index contributed by atoms with van der Waals surface area (Å²) in [5.41, 5.74) is 15.6. The molecular weight excluding hydrogens is 697 g/mol. The van der Waals surface area contributed by atoms with Gasteiger partial charge in [0.1, 0.15) is 0 Å². The van der Waals surface area contributed by atoms with Crippen molar-refractivity contribution in [2.75, 3.05) is 0 Å². The van der Waals surface area contributed by atoms with E-state index in [-0.39, 0.29) is 0 Å². The molecule has 13 rings (SSSR count). The van der Waals surface area contributed by atoms with Gasteiger partial charge in [0.25, 0.3) is 0 Å². The molecule has 1 aliphatic rings. The van der Waals surface area contributed by atoms with Gasteiger partial charge in [-0.1, -0.05) is 168 Å². The van der Waals surface area contributed by atoms with Crippen LogP contribution in [-0.2, 0) is 0 Å². The lowest BCUT2D eigenvalue weighted by Crippen LogP contribution is -1.96. The maximum absolute atomic E-state index is 2.57. The summed E-state index contributed by atoms with van der Waals surface area (Å²) >= 11 is 0. The second kappa shape index (κ2) is 11.3. The Morgan fingerprint density at radius 2 is 0.621 bits per heavy atom. The van der Waals surface area contributed by atoms with Gasteiger partial charge in [-0.25, -0.2) is 0 Å². The second-order valence-electron chi connectivity index (χ2n) is 17.1. The monoisotopic (exact) mass is 734 g/mol. The maximum atomic E-state index is 2.57. The van der Waals surface area contributed by atoms with Gasteiger partial charge in [0, 0.05) is 0 Å². The molecule has 0 aliphatic heterocycles. The van der Waals surface area contributed by atoms with Crippen LogP contribution in [0.25, 0.3) is 131 Å². The standard InChI is InChI=1S/C58H38/c1-31-23-32(2)26-36(25-31)53-50-29-48-46-21-19-44-42-17-9-11-35-12-10-18-43(52(35)42)45-20-22-47(56(46)55(44)45)49(48)30-51(50)54(37-27-33(3)24-34(4)28-37)58-41-16-8-6-14-39(41)38-13-5-7-15-40(38)57(53)58/h5-30H,1-4H3. The Bertz CT molecular complexity index is 3540. The molecule has 0 atom stereocenters. The van der Waals surface area contributed by atoms with E-state index < -0.39 is 0 Å². The topological polar surface area (TPSA) is 0 Å². The highest BCUT2D eigenvalue weighted by molar-refractivity contribution is 6.40. The number of hydrogen-bond acceptors (Lipinski definition) is 0. The zero-order valence-electron chi connectivity index (χ0n) is 33.0. The van der Waals surface area contributed by atoms with Crippen LogP contribution in [0.3, 0.4) is 0 Å². The Labute approximate surface area is 336 Å². The van der Waals surface area contributed by atoms with Crippen molar-refractivity contribution in [3.8, 4) is 44.5 Å².